The van der Waals surface area contributed by atoms with E-state index in [1.807, 2.05) is 0 Å². The maximum atomic E-state index is 12.2. The van der Waals surface area contributed by atoms with E-state index < -0.39 is 5.97 Å². The van der Waals surface area contributed by atoms with Gasteiger partial charge in [0.25, 0.3) is 0 Å². The van der Waals surface area contributed by atoms with Gasteiger partial charge in [-0.2, -0.15) is 5.10 Å². The Morgan fingerprint density at radius 1 is 1.23 bits per heavy atom. The molecule has 2 fully saturated rings. The second-order valence-electron chi connectivity index (χ2n) is 7.04. The molecule has 1 aromatic rings. The minimum atomic E-state index is -0.473. The van der Waals surface area contributed by atoms with Crippen LogP contribution in [0.25, 0.3) is 0 Å². The zero-order valence-corrected chi connectivity index (χ0v) is 15.5. The second kappa shape index (κ2) is 9.14. The lowest BCUT2D eigenvalue weighted by molar-refractivity contribution is -0.117. The Hall–Kier alpha value is -1.93. The predicted octanol–water partition coefficient (Wildman–Crippen LogP) is 1.48. The number of hydrogen-bond donors (Lipinski definition) is 2. The maximum Gasteiger partial charge on any atom is 0.356 e. The molecule has 2 heterocycles. The van der Waals surface area contributed by atoms with Gasteiger partial charge in [0.1, 0.15) is 5.69 Å². The van der Waals surface area contributed by atoms with Crippen LogP contribution in [0, 0.1) is 0 Å². The highest BCUT2D eigenvalue weighted by atomic mass is 16.5. The van der Waals surface area contributed by atoms with Gasteiger partial charge in [0.05, 0.1) is 13.2 Å². The summed E-state index contributed by atoms with van der Waals surface area (Å²) in [6.07, 6.45) is 6.72. The highest BCUT2D eigenvalue weighted by molar-refractivity contribution is 5.93. The van der Waals surface area contributed by atoms with Crippen LogP contribution in [-0.4, -0.2) is 77.2 Å². The fourth-order valence-electron chi connectivity index (χ4n) is 3.82. The summed E-state index contributed by atoms with van der Waals surface area (Å²) in [5.41, 5.74) is 0.239. The summed E-state index contributed by atoms with van der Waals surface area (Å²) in [5, 5.41) is 9.26. The number of aromatic nitrogens is 2. The number of aromatic amines is 1. The van der Waals surface area contributed by atoms with Crippen LogP contribution in [-0.2, 0) is 9.53 Å². The molecule has 3 rings (SSSR count). The molecule has 1 aliphatic carbocycles. The Morgan fingerprint density at radius 3 is 2.65 bits per heavy atom. The number of H-pyrrole nitrogens is 1. The third-order valence-electron chi connectivity index (χ3n) is 5.21. The Labute approximate surface area is 154 Å². The summed E-state index contributed by atoms with van der Waals surface area (Å²) in [4.78, 5) is 28.6. The molecule has 1 aliphatic heterocycles. The monoisotopic (exact) mass is 363 g/mol. The van der Waals surface area contributed by atoms with Gasteiger partial charge in [-0.3, -0.25) is 19.7 Å². The van der Waals surface area contributed by atoms with E-state index in [-0.39, 0.29) is 11.6 Å². The molecular formula is C18H29N5O3. The van der Waals surface area contributed by atoms with Crippen LogP contribution in [0.3, 0.4) is 0 Å². The third kappa shape index (κ3) is 5.04. The lowest BCUT2D eigenvalue weighted by atomic mass is 9.94. The molecule has 2 N–H and O–H groups in total. The molecular weight excluding hydrogens is 334 g/mol. The predicted molar refractivity (Wildman–Crippen MR) is 98.1 cm³/mol. The zero-order chi connectivity index (χ0) is 18.4. The fraction of sp³-hybridized carbons (Fsp3) is 0.722. The van der Waals surface area contributed by atoms with Crippen LogP contribution in [0.1, 0.15) is 49.5 Å². The molecule has 2 aliphatic rings. The van der Waals surface area contributed by atoms with Crippen LogP contribution in [0.4, 0.5) is 5.82 Å². The van der Waals surface area contributed by atoms with Crippen molar-refractivity contribution in [3.8, 4) is 0 Å². The van der Waals surface area contributed by atoms with Crippen molar-refractivity contribution < 1.29 is 14.3 Å². The maximum absolute atomic E-state index is 12.2. The van der Waals surface area contributed by atoms with E-state index in [0.717, 1.165) is 32.2 Å². The van der Waals surface area contributed by atoms with Gasteiger partial charge in [0, 0.05) is 38.3 Å². The zero-order valence-electron chi connectivity index (χ0n) is 15.5. The van der Waals surface area contributed by atoms with Crippen LogP contribution in [0.15, 0.2) is 6.07 Å². The highest BCUT2D eigenvalue weighted by Crippen LogP contribution is 2.23. The summed E-state index contributed by atoms with van der Waals surface area (Å²) in [5.74, 6) is -0.240. The summed E-state index contributed by atoms with van der Waals surface area (Å²) >= 11 is 0. The molecule has 0 bridgehead atoms. The molecule has 0 radical (unpaired) electrons. The standard InChI is InChI=1S/C18H29N5O3/c1-2-26-18(25)15-12-16(21-20-15)19-17(24)13-22-8-10-23(11-9-22)14-6-4-3-5-7-14/h12,14H,2-11,13H2,1H3,(H2,19,20,21,24). The highest BCUT2D eigenvalue weighted by Gasteiger charge is 2.26. The van der Waals surface area contributed by atoms with Crippen molar-refractivity contribution in [3.63, 3.8) is 0 Å². The Balaban J connectivity index is 1.41. The molecule has 1 amide bonds. The molecule has 1 saturated carbocycles. The molecule has 1 aromatic heterocycles. The van der Waals surface area contributed by atoms with Crippen LogP contribution in [0.5, 0.6) is 0 Å². The number of hydrogen-bond acceptors (Lipinski definition) is 6. The number of nitrogens with zero attached hydrogens (tertiary/aromatic N) is 3. The minimum Gasteiger partial charge on any atom is -0.461 e. The lowest BCUT2D eigenvalue weighted by Crippen LogP contribution is -2.52. The number of ether oxygens (including phenoxy) is 1. The van der Waals surface area contributed by atoms with E-state index >= 15 is 0 Å². The van der Waals surface area contributed by atoms with Crippen LogP contribution in [0.2, 0.25) is 0 Å². The van der Waals surface area contributed by atoms with Crippen molar-refractivity contribution in [1.29, 1.82) is 0 Å². The number of anilines is 1. The molecule has 0 atom stereocenters. The van der Waals surface area contributed by atoms with Gasteiger partial charge in [-0.25, -0.2) is 4.79 Å². The van der Waals surface area contributed by atoms with Gasteiger partial charge in [-0.05, 0) is 19.8 Å². The molecule has 0 aromatic carbocycles. The summed E-state index contributed by atoms with van der Waals surface area (Å²) in [6, 6.07) is 2.24. The van der Waals surface area contributed by atoms with Crippen molar-refractivity contribution in [3.05, 3.63) is 11.8 Å². The smallest absolute Gasteiger partial charge is 0.356 e. The number of carbonyl (C=O) groups is 2. The van der Waals surface area contributed by atoms with E-state index in [9.17, 15) is 9.59 Å². The Bertz CT molecular complexity index is 604. The first kappa shape index (κ1) is 18.8. The normalized spacial score (nSPS) is 20.0. The summed E-state index contributed by atoms with van der Waals surface area (Å²) in [7, 11) is 0. The first-order valence-corrected chi connectivity index (χ1v) is 9.64. The average Bonchev–Trinajstić information content (AvgIpc) is 3.12. The molecule has 8 nitrogen and oxygen atoms in total. The number of amides is 1. The van der Waals surface area contributed by atoms with Crippen molar-refractivity contribution in [1.82, 2.24) is 20.0 Å². The van der Waals surface area contributed by atoms with E-state index in [4.69, 9.17) is 4.74 Å². The van der Waals surface area contributed by atoms with Crippen molar-refractivity contribution >= 4 is 17.7 Å². The SMILES string of the molecule is CCOC(=O)c1cc(NC(=O)CN2CCN(C3CCCCC3)CC2)n[nH]1. The van der Waals surface area contributed by atoms with Gasteiger partial charge in [0.2, 0.25) is 5.91 Å². The molecule has 0 unspecified atom stereocenters. The van der Waals surface area contributed by atoms with Gasteiger partial charge >= 0.3 is 5.97 Å². The van der Waals surface area contributed by atoms with Crippen LogP contribution < -0.4 is 5.32 Å². The molecule has 8 heteroatoms. The van der Waals surface area contributed by atoms with Gasteiger partial charge in [-0.1, -0.05) is 19.3 Å². The number of rotatable bonds is 6. The van der Waals surface area contributed by atoms with Gasteiger partial charge < -0.3 is 10.1 Å². The third-order valence-corrected chi connectivity index (χ3v) is 5.21. The van der Waals surface area contributed by atoms with Crippen molar-refractivity contribution in [2.45, 2.75) is 45.1 Å². The van der Waals surface area contributed by atoms with Crippen molar-refractivity contribution in [2.75, 3.05) is 44.6 Å². The average molecular weight is 363 g/mol. The quantitative estimate of drug-likeness (QED) is 0.744. The van der Waals surface area contributed by atoms with E-state index in [0.29, 0.717) is 19.0 Å². The number of nitrogens with one attached hydrogen (secondary N) is 2. The molecule has 144 valence electrons. The fourth-order valence-corrected chi connectivity index (χ4v) is 3.82. The Kier molecular flexibility index (Phi) is 6.62. The Morgan fingerprint density at radius 2 is 1.96 bits per heavy atom. The molecule has 0 spiro atoms. The second-order valence-corrected chi connectivity index (χ2v) is 7.04. The largest absolute Gasteiger partial charge is 0.461 e. The number of piperazine rings is 1. The van der Waals surface area contributed by atoms with Gasteiger partial charge in [-0.15, -0.1) is 0 Å². The van der Waals surface area contributed by atoms with E-state index in [1.54, 1.807) is 6.92 Å². The summed E-state index contributed by atoms with van der Waals surface area (Å²) in [6.45, 7) is 6.29. The van der Waals surface area contributed by atoms with Gasteiger partial charge in [0.15, 0.2) is 5.82 Å². The molecule has 1 saturated heterocycles. The topological polar surface area (TPSA) is 90.6 Å². The van der Waals surface area contributed by atoms with Crippen LogP contribution >= 0.6 is 0 Å². The number of carbonyl (C=O) groups excluding carboxylic acids is 2. The summed E-state index contributed by atoms with van der Waals surface area (Å²) < 4.78 is 4.89. The van der Waals surface area contributed by atoms with E-state index in [2.05, 4.69) is 25.3 Å². The van der Waals surface area contributed by atoms with E-state index in [1.165, 1.54) is 38.2 Å². The molecule has 26 heavy (non-hydrogen) atoms. The first-order valence-electron chi connectivity index (χ1n) is 9.64. The first-order chi connectivity index (χ1) is 12.7. The lowest BCUT2D eigenvalue weighted by Gasteiger charge is -2.40. The van der Waals surface area contributed by atoms with Crippen molar-refractivity contribution in [2.24, 2.45) is 0 Å². The number of esters is 1. The minimum absolute atomic E-state index is 0.113.